The second kappa shape index (κ2) is 8.58. The summed E-state index contributed by atoms with van der Waals surface area (Å²) in [6, 6.07) is 8.12. The zero-order valence-corrected chi connectivity index (χ0v) is 16.9. The number of anilines is 1. The van der Waals surface area contributed by atoms with Gasteiger partial charge in [-0.1, -0.05) is 12.1 Å². The third kappa shape index (κ3) is 5.21. The highest BCUT2D eigenvalue weighted by atomic mass is 32.2. The van der Waals surface area contributed by atoms with Crippen LogP contribution in [-0.2, 0) is 19.6 Å². The summed E-state index contributed by atoms with van der Waals surface area (Å²) in [5, 5.41) is 3.04. The molecule has 7 nitrogen and oxygen atoms in total. The number of nitrogens with zero attached hydrogens (tertiary/aromatic N) is 2. The molecule has 0 saturated carbocycles. The molecule has 3 rings (SSSR count). The minimum absolute atomic E-state index is 0.0758. The molecular formula is C19H29N3O4S. The number of hydrogen-bond donors (Lipinski definition) is 1. The quantitative estimate of drug-likeness (QED) is 0.815. The molecular weight excluding hydrogens is 366 g/mol. The fraction of sp³-hybridized carbons (Fsp3) is 0.632. The molecule has 0 spiro atoms. The smallest absolute Gasteiger partial charge is 0.224 e. The van der Waals surface area contributed by atoms with Gasteiger partial charge in [0.25, 0.3) is 0 Å². The molecule has 1 amide bonds. The van der Waals surface area contributed by atoms with Gasteiger partial charge in [0, 0.05) is 31.9 Å². The average Bonchev–Trinajstić information content (AvgIpc) is 2.68. The van der Waals surface area contributed by atoms with E-state index in [9.17, 15) is 13.2 Å². The van der Waals surface area contributed by atoms with Gasteiger partial charge in [-0.2, -0.15) is 0 Å². The number of carbonyl (C=O) groups excluding carboxylic acids is 1. The maximum atomic E-state index is 12.6. The third-order valence-corrected chi connectivity index (χ3v) is 6.62. The summed E-state index contributed by atoms with van der Waals surface area (Å²) in [7, 11) is -3.25. The molecule has 8 heteroatoms. The zero-order valence-electron chi connectivity index (χ0n) is 16.1. The van der Waals surface area contributed by atoms with E-state index in [-0.39, 0.29) is 24.4 Å². The minimum Gasteiger partial charge on any atom is -0.378 e. The molecule has 1 aromatic carbocycles. The molecule has 1 aromatic rings. The monoisotopic (exact) mass is 395 g/mol. The Morgan fingerprint density at radius 1 is 1.19 bits per heavy atom. The number of carbonyl (C=O) groups is 1. The van der Waals surface area contributed by atoms with Crippen molar-refractivity contribution in [2.45, 2.75) is 25.8 Å². The number of nitrogens with one attached hydrogen (secondary N) is 1. The second-order valence-corrected chi connectivity index (χ2v) is 9.36. The van der Waals surface area contributed by atoms with Gasteiger partial charge in [0.1, 0.15) is 0 Å². The van der Waals surface area contributed by atoms with Crippen LogP contribution >= 0.6 is 0 Å². The van der Waals surface area contributed by atoms with Crippen molar-refractivity contribution in [2.24, 2.45) is 5.92 Å². The first kappa shape index (κ1) is 20.1. The van der Waals surface area contributed by atoms with E-state index in [1.165, 1.54) is 10.6 Å². The van der Waals surface area contributed by atoms with Gasteiger partial charge in [0.2, 0.25) is 15.9 Å². The van der Waals surface area contributed by atoms with Crippen molar-refractivity contribution in [1.82, 2.24) is 9.62 Å². The number of morpholine rings is 1. The maximum absolute atomic E-state index is 12.6. The summed E-state index contributed by atoms with van der Waals surface area (Å²) in [4.78, 5) is 14.9. The molecule has 0 aromatic heterocycles. The fourth-order valence-corrected chi connectivity index (χ4v) is 4.58. The molecule has 1 N–H and O–H groups in total. The molecule has 2 heterocycles. The average molecular weight is 396 g/mol. The first-order valence-electron chi connectivity index (χ1n) is 9.53. The number of rotatable bonds is 5. The first-order valence-corrected chi connectivity index (χ1v) is 11.4. The Kier molecular flexibility index (Phi) is 6.39. The summed E-state index contributed by atoms with van der Waals surface area (Å²) in [5.41, 5.74) is 2.20. The highest BCUT2D eigenvalue weighted by Gasteiger charge is 2.30. The van der Waals surface area contributed by atoms with Gasteiger partial charge in [-0.25, -0.2) is 12.7 Å². The van der Waals surface area contributed by atoms with Crippen LogP contribution in [0.4, 0.5) is 5.69 Å². The molecule has 2 aliphatic rings. The highest BCUT2D eigenvalue weighted by Crippen LogP contribution is 2.22. The first-order chi connectivity index (χ1) is 12.8. The number of benzene rings is 1. The Bertz CT molecular complexity index is 745. The van der Waals surface area contributed by atoms with E-state index in [0.717, 1.165) is 44.0 Å². The lowest BCUT2D eigenvalue weighted by molar-refractivity contribution is -0.126. The summed E-state index contributed by atoms with van der Waals surface area (Å²) in [6.45, 7) is 6.02. The van der Waals surface area contributed by atoms with E-state index in [0.29, 0.717) is 13.0 Å². The molecule has 0 radical (unpaired) electrons. The Labute approximate surface area is 161 Å². The Morgan fingerprint density at radius 3 is 2.48 bits per heavy atom. The SMILES string of the molecule is C[C@@H](NC(=O)[C@H]1CCCN(S(C)(=O)=O)C1)c1ccc(N2CCOCC2)cc1. The van der Waals surface area contributed by atoms with Crippen molar-refractivity contribution in [3.8, 4) is 0 Å². The van der Waals surface area contributed by atoms with Crippen LogP contribution in [0.3, 0.4) is 0 Å². The molecule has 0 bridgehead atoms. The number of amides is 1. The van der Waals surface area contributed by atoms with Gasteiger partial charge in [0.05, 0.1) is 31.4 Å². The van der Waals surface area contributed by atoms with Gasteiger partial charge in [-0.05, 0) is 37.5 Å². The van der Waals surface area contributed by atoms with Gasteiger partial charge in [-0.15, -0.1) is 0 Å². The number of sulfonamides is 1. The third-order valence-electron chi connectivity index (χ3n) is 5.35. The number of ether oxygens (including phenoxy) is 1. The lowest BCUT2D eigenvalue weighted by Crippen LogP contribution is -2.45. The normalized spacial score (nSPS) is 23.0. The summed E-state index contributed by atoms with van der Waals surface area (Å²) in [5.74, 6) is -0.364. The van der Waals surface area contributed by atoms with Gasteiger partial charge >= 0.3 is 0 Å². The van der Waals surface area contributed by atoms with Gasteiger partial charge in [0.15, 0.2) is 0 Å². The topological polar surface area (TPSA) is 79.0 Å². The van der Waals surface area contributed by atoms with Crippen LogP contribution < -0.4 is 10.2 Å². The summed E-state index contributed by atoms with van der Waals surface area (Å²) < 4.78 is 30.3. The molecule has 2 aliphatic heterocycles. The minimum atomic E-state index is -3.25. The van der Waals surface area contributed by atoms with Crippen molar-refractivity contribution in [1.29, 1.82) is 0 Å². The predicted octanol–water partition coefficient (Wildman–Crippen LogP) is 1.37. The summed E-state index contributed by atoms with van der Waals surface area (Å²) >= 11 is 0. The molecule has 27 heavy (non-hydrogen) atoms. The molecule has 2 fully saturated rings. The van der Waals surface area contributed by atoms with Crippen molar-refractivity contribution in [3.63, 3.8) is 0 Å². The molecule has 0 unspecified atom stereocenters. The van der Waals surface area contributed by atoms with E-state index < -0.39 is 10.0 Å². The fourth-order valence-electron chi connectivity index (χ4n) is 3.67. The standard InChI is InChI=1S/C19H29N3O4S/c1-15(16-5-7-18(8-6-16)21-10-12-26-13-11-21)20-19(23)17-4-3-9-22(14-17)27(2,24)25/h5-8,15,17H,3-4,9-14H2,1-2H3,(H,20,23)/t15-,17+/m1/s1. The highest BCUT2D eigenvalue weighted by molar-refractivity contribution is 7.88. The molecule has 0 aliphatic carbocycles. The van der Waals surface area contributed by atoms with E-state index in [2.05, 4.69) is 22.3 Å². The lowest BCUT2D eigenvalue weighted by Gasteiger charge is -2.31. The summed E-state index contributed by atoms with van der Waals surface area (Å²) in [6.07, 6.45) is 2.64. The maximum Gasteiger partial charge on any atom is 0.224 e. The van der Waals surface area contributed by atoms with Crippen molar-refractivity contribution < 1.29 is 17.9 Å². The lowest BCUT2D eigenvalue weighted by atomic mass is 9.98. The van der Waals surface area contributed by atoms with Gasteiger partial charge in [-0.3, -0.25) is 4.79 Å². The predicted molar refractivity (Wildman–Crippen MR) is 105 cm³/mol. The van der Waals surface area contributed by atoms with Crippen LogP contribution in [0.1, 0.15) is 31.4 Å². The van der Waals surface area contributed by atoms with Crippen LogP contribution in [-0.4, -0.2) is 64.3 Å². The van der Waals surface area contributed by atoms with E-state index in [1.807, 2.05) is 19.1 Å². The van der Waals surface area contributed by atoms with Crippen molar-refractivity contribution in [2.75, 3.05) is 50.5 Å². The second-order valence-electron chi connectivity index (χ2n) is 7.38. The van der Waals surface area contributed by atoms with E-state index in [4.69, 9.17) is 4.74 Å². The Hall–Kier alpha value is -1.64. The van der Waals surface area contributed by atoms with Crippen LogP contribution in [0, 0.1) is 5.92 Å². The molecule has 150 valence electrons. The van der Waals surface area contributed by atoms with Crippen LogP contribution in [0.2, 0.25) is 0 Å². The number of piperidine rings is 1. The van der Waals surface area contributed by atoms with Crippen LogP contribution in [0.25, 0.3) is 0 Å². The van der Waals surface area contributed by atoms with E-state index >= 15 is 0 Å². The Morgan fingerprint density at radius 2 is 1.85 bits per heavy atom. The van der Waals surface area contributed by atoms with E-state index in [1.54, 1.807) is 0 Å². The van der Waals surface area contributed by atoms with Crippen LogP contribution in [0.5, 0.6) is 0 Å². The zero-order chi connectivity index (χ0) is 19.4. The van der Waals surface area contributed by atoms with Crippen molar-refractivity contribution >= 4 is 21.6 Å². The molecule has 2 saturated heterocycles. The molecule has 2 atom stereocenters. The van der Waals surface area contributed by atoms with Gasteiger partial charge < -0.3 is 15.0 Å². The largest absolute Gasteiger partial charge is 0.378 e. The Balaban J connectivity index is 1.57. The number of hydrogen-bond acceptors (Lipinski definition) is 5. The van der Waals surface area contributed by atoms with Crippen LogP contribution in [0.15, 0.2) is 24.3 Å². The van der Waals surface area contributed by atoms with Crippen molar-refractivity contribution in [3.05, 3.63) is 29.8 Å².